The number of ether oxygens (including phenoxy) is 1. The quantitative estimate of drug-likeness (QED) is 0.485. The zero-order valence-electron chi connectivity index (χ0n) is 18.6. The predicted octanol–water partition coefficient (Wildman–Crippen LogP) is 3.85. The monoisotopic (exact) mass is 470 g/mol. The number of aromatic nitrogens is 1. The number of thiophene rings is 1. The highest BCUT2D eigenvalue weighted by atomic mass is 32.1. The van der Waals surface area contributed by atoms with Gasteiger partial charge in [0.1, 0.15) is 16.6 Å². The van der Waals surface area contributed by atoms with Crippen molar-refractivity contribution in [2.45, 2.75) is 26.0 Å². The molecule has 0 atom stereocenters. The number of hydrogen-bond donors (Lipinski definition) is 3. The number of nitrogens with one attached hydrogen (secondary N) is 1. The normalized spacial score (nSPS) is 14.9. The van der Waals surface area contributed by atoms with Crippen LogP contribution in [0.25, 0.3) is 10.4 Å². The summed E-state index contributed by atoms with van der Waals surface area (Å²) >= 11 is 1.22. The summed E-state index contributed by atoms with van der Waals surface area (Å²) in [7, 11) is 0. The highest BCUT2D eigenvalue weighted by molar-refractivity contribution is 7.19. The molecule has 3 heterocycles. The lowest BCUT2D eigenvalue weighted by Gasteiger charge is -2.26. The highest BCUT2D eigenvalue weighted by Gasteiger charge is 2.21. The summed E-state index contributed by atoms with van der Waals surface area (Å²) in [4.78, 5) is 19.6. The molecule has 174 valence electrons. The average Bonchev–Trinajstić information content (AvgIpc) is 3.18. The molecule has 0 aliphatic carbocycles. The van der Waals surface area contributed by atoms with E-state index in [0.29, 0.717) is 46.6 Å². The van der Waals surface area contributed by atoms with E-state index in [9.17, 15) is 14.3 Å². The zero-order chi connectivity index (χ0) is 23.6. The molecular formula is C24H27FN4O3S. The molecule has 0 radical (unpaired) electrons. The second-order valence-electron chi connectivity index (χ2n) is 8.50. The Bertz CT molecular complexity index is 1150. The maximum Gasteiger partial charge on any atom is 0.251 e. The van der Waals surface area contributed by atoms with Gasteiger partial charge in [-0.25, -0.2) is 9.37 Å². The van der Waals surface area contributed by atoms with Crippen LogP contribution in [0.2, 0.25) is 0 Å². The van der Waals surface area contributed by atoms with Crippen LogP contribution in [0.3, 0.4) is 0 Å². The lowest BCUT2D eigenvalue weighted by atomic mass is 9.96. The van der Waals surface area contributed by atoms with Crippen molar-refractivity contribution in [3.63, 3.8) is 0 Å². The summed E-state index contributed by atoms with van der Waals surface area (Å²) < 4.78 is 20.2. The van der Waals surface area contributed by atoms with Crippen molar-refractivity contribution in [2.75, 3.05) is 31.6 Å². The topological polar surface area (TPSA) is 101 Å². The maximum atomic E-state index is 14.8. The van der Waals surface area contributed by atoms with Gasteiger partial charge < -0.3 is 20.9 Å². The van der Waals surface area contributed by atoms with E-state index in [-0.39, 0.29) is 5.56 Å². The maximum absolute atomic E-state index is 14.8. The van der Waals surface area contributed by atoms with Crippen LogP contribution in [0.15, 0.2) is 42.5 Å². The summed E-state index contributed by atoms with van der Waals surface area (Å²) in [6.07, 6.45) is 0. The minimum absolute atomic E-state index is 0.265. The number of anilines is 2. The molecule has 0 unspecified atom stereocenters. The summed E-state index contributed by atoms with van der Waals surface area (Å²) in [5.74, 6) is -0.517. The third-order valence-electron chi connectivity index (χ3n) is 5.48. The number of halogens is 1. The summed E-state index contributed by atoms with van der Waals surface area (Å²) in [6, 6.07) is 11.8. The van der Waals surface area contributed by atoms with Gasteiger partial charge in [-0.15, -0.1) is 11.3 Å². The van der Waals surface area contributed by atoms with Crippen LogP contribution in [-0.2, 0) is 16.9 Å². The Balaban J connectivity index is 1.59. The van der Waals surface area contributed by atoms with Crippen LogP contribution >= 0.6 is 11.3 Å². The highest BCUT2D eigenvalue weighted by Crippen LogP contribution is 2.38. The minimum Gasteiger partial charge on any atom is -0.386 e. The molecule has 1 aliphatic heterocycles. The lowest BCUT2D eigenvalue weighted by Crippen LogP contribution is -2.35. The molecule has 1 amide bonds. The van der Waals surface area contributed by atoms with Crippen LogP contribution in [0.5, 0.6) is 0 Å². The van der Waals surface area contributed by atoms with Crippen molar-refractivity contribution in [2.24, 2.45) is 5.73 Å². The number of pyridine rings is 1. The first-order valence-electron chi connectivity index (χ1n) is 10.7. The van der Waals surface area contributed by atoms with Gasteiger partial charge in [0, 0.05) is 30.1 Å². The Morgan fingerprint density at radius 1 is 1.27 bits per heavy atom. The minimum atomic E-state index is -1.15. The standard InChI is InChI=1S/C24H27FN4O3S/c1-24(2,31)15-6-7-17(19(25)12-15)20-13-18(22(26)30)23(33-20)28-21-5-3-4-16(27-21)14-29-8-10-32-11-9-29/h3-7,12-13,31H,8-11,14H2,1-2H3,(H2,26,30)(H,27,28). The average molecular weight is 471 g/mol. The molecule has 3 aromatic rings. The fourth-order valence-corrected chi connectivity index (χ4v) is 4.73. The van der Waals surface area contributed by atoms with E-state index in [1.807, 2.05) is 18.2 Å². The summed E-state index contributed by atoms with van der Waals surface area (Å²) in [6.45, 7) is 7.04. The molecule has 1 aromatic carbocycles. The Morgan fingerprint density at radius 2 is 2.03 bits per heavy atom. The molecule has 4 rings (SSSR count). The SMILES string of the molecule is CC(C)(O)c1ccc(-c2cc(C(N)=O)c(Nc3cccc(CN4CCOCC4)n3)s2)c(F)c1. The molecule has 2 aromatic heterocycles. The van der Waals surface area contributed by atoms with Crippen molar-refractivity contribution in [1.82, 2.24) is 9.88 Å². The number of morpholine rings is 1. The molecule has 33 heavy (non-hydrogen) atoms. The molecule has 1 saturated heterocycles. The summed E-state index contributed by atoms with van der Waals surface area (Å²) in [5, 5.41) is 13.8. The predicted molar refractivity (Wildman–Crippen MR) is 127 cm³/mol. The van der Waals surface area contributed by atoms with E-state index in [2.05, 4.69) is 15.2 Å². The van der Waals surface area contributed by atoms with E-state index in [4.69, 9.17) is 10.5 Å². The number of nitrogens with zero attached hydrogens (tertiary/aromatic N) is 2. The van der Waals surface area contributed by atoms with Gasteiger partial charge in [0.25, 0.3) is 5.91 Å². The van der Waals surface area contributed by atoms with Gasteiger partial charge in [-0.05, 0) is 43.7 Å². The number of carbonyl (C=O) groups excluding carboxylic acids is 1. The Morgan fingerprint density at radius 3 is 2.70 bits per heavy atom. The second-order valence-corrected chi connectivity index (χ2v) is 9.55. The summed E-state index contributed by atoms with van der Waals surface area (Å²) in [5.41, 5.74) is 6.40. The van der Waals surface area contributed by atoms with Gasteiger partial charge in [-0.3, -0.25) is 9.69 Å². The number of nitrogens with two attached hydrogens (primary N) is 1. The van der Waals surface area contributed by atoms with E-state index in [1.165, 1.54) is 17.4 Å². The molecule has 4 N–H and O–H groups in total. The first kappa shape index (κ1) is 23.3. The first-order valence-corrected chi connectivity index (χ1v) is 11.5. The van der Waals surface area contributed by atoms with Crippen LogP contribution in [0.1, 0.15) is 35.5 Å². The number of rotatable bonds is 7. The third kappa shape index (κ3) is 5.56. The second kappa shape index (κ2) is 9.56. The number of amides is 1. The zero-order valence-corrected chi connectivity index (χ0v) is 19.4. The largest absolute Gasteiger partial charge is 0.386 e. The van der Waals surface area contributed by atoms with Gasteiger partial charge in [-0.1, -0.05) is 18.2 Å². The van der Waals surface area contributed by atoms with E-state index in [0.717, 1.165) is 18.8 Å². The van der Waals surface area contributed by atoms with Crippen molar-refractivity contribution < 1.29 is 19.0 Å². The fourth-order valence-electron chi connectivity index (χ4n) is 3.64. The van der Waals surface area contributed by atoms with Gasteiger partial charge in [0.15, 0.2) is 0 Å². The Labute approximate surface area is 196 Å². The van der Waals surface area contributed by atoms with Crippen LogP contribution < -0.4 is 11.1 Å². The molecule has 0 saturated carbocycles. The molecule has 0 bridgehead atoms. The van der Waals surface area contributed by atoms with Gasteiger partial charge in [0.2, 0.25) is 0 Å². The van der Waals surface area contributed by atoms with Crippen LogP contribution in [-0.4, -0.2) is 47.2 Å². The third-order valence-corrected chi connectivity index (χ3v) is 6.56. The number of carbonyl (C=O) groups is 1. The number of hydrogen-bond acceptors (Lipinski definition) is 7. The number of primary amides is 1. The fraction of sp³-hybridized carbons (Fsp3) is 0.333. The number of benzene rings is 1. The smallest absolute Gasteiger partial charge is 0.251 e. The van der Waals surface area contributed by atoms with Gasteiger partial charge in [0.05, 0.1) is 30.1 Å². The van der Waals surface area contributed by atoms with Gasteiger partial charge >= 0.3 is 0 Å². The van der Waals surface area contributed by atoms with Crippen LogP contribution in [0, 0.1) is 5.82 Å². The Kier molecular flexibility index (Phi) is 6.76. The van der Waals surface area contributed by atoms with E-state index in [1.54, 1.807) is 32.0 Å². The van der Waals surface area contributed by atoms with Crippen molar-refractivity contribution >= 4 is 28.1 Å². The van der Waals surface area contributed by atoms with Crippen LogP contribution in [0.4, 0.5) is 15.2 Å². The van der Waals surface area contributed by atoms with Crippen molar-refractivity contribution in [3.05, 3.63) is 65.1 Å². The molecule has 7 nitrogen and oxygen atoms in total. The molecular weight excluding hydrogens is 443 g/mol. The molecule has 1 aliphatic rings. The van der Waals surface area contributed by atoms with E-state index >= 15 is 0 Å². The molecule has 9 heteroatoms. The lowest BCUT2D eigenvalue weighted by molar-refractivity contribution is 0.0337. The molecule has 0 spiro atoms. The van der Waals surface area contributed by atoms with E-state index < -0.39 is 17.3 Å². The Hall–Kier alpha value is -2.85. The molecule has 1 fully saturated rings. The van der Waals surface area contributed by atoms with Crippen molar-refractivity contribution in [3.8, 4) is 10.4 Å². The number of aliphatic hydroxyl groups is 1. The van der Waals surface area contributed by atoms with Crippen molar-refractivity contribution in [1.29, 1.82) is 0 Å². The first-order chi connectivity index (χ1) is 15.7. The van der Waals surface area contributed by atoms with Gasteiger partial charge in [-0.2, -0.15) is 0 Å².